The topological polar surface area (TPSA) is 16.4 Å². The van der Waals surface area contributed by atoms with E-state index in [0.29, 0.717) is 0 Å². The Hall–Kier alpha value is -5.90. The van der Waals surface area contributed by atoms with Gasteiger partial charge in [-0.1, -0.05) is 133 Å². The van der Waals surface area contributed by atoms with E-state index in [4.69, 9.17) is 4.42 Å². The van der Waals surface area contributed by atoms with E-state index in [2.05, 4.69) is 163 Å². The first kappa shape index (κ1) is 26.3. The van der Waals surface area contributed by atoms with Gasteiger partial charge in [0.05, 0.1) is 27.1 Å². The van der Waals surface area contributed by atoms with Gasteiger partial charge in [0.2, 0.25) is 0 Å². The summed E-state index contributed by atoms with van der Waals surface area (Å²) in [4.78, 5) is 2.53. The van der Waals surface area contributed by atoms with E-state index in [-0.39, 0.29) is 0 Å². The number of hydrogen-bond donors (Lipinski definition) is 0. The Balaban J connectivity index is 1.45. The first-order valence-corrected chi connectivity index (χ1v) is 16.8. The van der Waals surface area contributed by atoms with Crippen molar-refractivity contribution < 1.29 is 4.42 Å². The van der Waals surface area contributed by atoms with Crippen LogP contribution in [0.15, 0.2) is 168 Å². The number of rotatable bonds is 4. The summed E-state index contributed by atoms with van der Waals surface area (Å²) in [5.74, 6) is 0. The third-order valence-electron chi connectivity index (χ3n) is 9.44. The molecule has 0 aliphatic carbocycles. The summed E-state index contributed by atoms with van der Waals surface area (Å²) in [6.45, 7) is 0. The molecule has 0 aliphatic rings. The quantitative estimate of drug-likeness (QED) is 0.183. The van der Waals surface area contributed by atoms with Crippen LogP contribution in [0.3, 0.4) is 0 Å². The number of nitrogens with zero attached hydrogens (tertiary/aromatic N) is 1. The lowest BCUT2D eigenvalue weighted by molar-refractivity contribution is 0.669. The van der Waals surface area contributed by atoms with Crippen LogP contribution in [0.5, 0.6) is 0 Å². The van der Waals surface area contributed by atoms with Gasteiger partial charge in [0.15, 0.2) is 0 Å². The van der Waals surface area contributed by atoms with Gasteiger partial charge < -0.3 is 9.32 Å². The molecule has 0 saturated heterocycles. The summed E-state index contributed by atoms with van der Waals surface area (Å²) in [7, 11) is 0. The number of benzene rings is 8. The predicted octanol–water partition coefficient (Wildman–Crippen LogP) is 13.4. The van der Waals surface area contributed by atoms with E-state index < -0.39 is 0 Å². The number of para-hydroxylation sites is 1. The van der Waals surface area contributed by atoms with Crippen molar-refractivity contribution in [1.82, 2.24) is 0 Å². The van der Waals surface area contributed by atoms with E-state index in [1.807, 2.05) is 17.4 Å². The van der Waals surface area contributed by atoms with E-state index in [9.17, 15) is 0 Å². The summed E-state index contributed by atoms with van der Waals surface area (Å²) < 4.78 is 9.04. The molecule has 2 nitrogen and oxygen atoms in total. The van der Waals surface area contributed by atoms with Gasteiger partial charge in [-0.3, -0.25) is 0 Å². The molecule has 0 bridgehead atoms. The molecule has 220 valence electrons. The minimum Gasteiger partial charge on any atom is -0.456 e. The summed E-state index contributed by atoms with van der Waals surface area (Å²) >= 11 is 1.86. The van der Waals surface area contributed by atoms with Crippen LogP contribution in [-0.4, -0.2) is 0 Å². The molecule has 2 aromatic heterocycles. The number of anilines is 3. The molecule has 0 fully saturated rings. The fourth-order valence-electron chi connectivity index (χ4n) is 7.47. The van der Waals surface area contributed by atoms with Crippen molar-refractivity contribution in [3.63, 3.8) is 0 Å². The molecule has 0 N–H and O–H groups in total. The Morgan fingerprint density at radius 2 is 0.979 bits per heavy atom. The van der Waals surface area contributed by atoms with Gasteiger partial charge in [-0.15, -0.1) is 11.3 Å². The van der Waals surface area contributed by atoms with Gasteiger partial charge in [-0.05, 0) is 52.1 Å². The van der Waals surface area contributed by atoms with Crippen molar-refractivity contribution in [2.75, 3.05) is 4.90 Å². The van der Waals surface area contributed by atoms with Gasteiger partial charge in [-0.2, -0.15) is 0 Å². The summed E-state index contributed by atoms with van der Waals surface area (Å²) in [5, 5.41) is 9.68. The molecule has 0 radical (unpaired) electrons. The van der Waals surface area contributed by atoms with Gasteiger partial charge in [0.25, 0.3) is 0 Å². The average Bonchev–Trinajstić information content (AvgIpc) is 3.72. The van der Waals surface area contributed by atoms with Crippen LogP contribution in [0, 0.1) is 0 Å². The van der Waals surface area contributed by atoms with Gasteiger partial charge in [0.1, 0.15) is 11.2 Å². The highest BCUT2D eigenvalue weighted by atomic mass is 32.1. The summed E-state index contributed by atoms with van der Waals surface area (Å²) in [6, 6.07) is 59.0. The Morgan fingerprint density at radius 3 is 1.81 bits per heavy atom. The number of furan rings is 1. The van der Waals surface area contributed by atoms with E-state index in [0.717, 1.165) is 39.0 Å². The maximum Gasteiger partial charge on any atom is 0.137 e. The van der Waals surface area contributed by atoms with Crippen LogP contribution in [0.4, 0.5) is 17.1 Å². The molecule has 8 aromatic carbocycles. The molecule has 0 saturated carbocycles. The van der Waals surface area contributed by atoms with Crippen LogP contribution in [-0.2, 0) is 0 Å². The molecule has 47 heavy (non-hydrogen) atoms. The molecular weight excluding hydrogens is 591 g/mol. The zero-order chi connectivity index (χ0) is 30.9. The lowest BCUT2D eigenvalue weighted by Gasteiger charge is -2.31. The second-order valence-electron chi connectivity index (χ2n) is 12.0. The molecule has 3 heteroatoms. The molecule has 2 heterocycles. The molecular formula is C44H27NOS. The highest BCUT2D eigenvalue weighted by Crippen LogP contribution is 2.53. The largest absolute Gasteiger partial charge is 0.456 e. The maximum atomic E-state index is 6.50. The molecule has 0 atom stereocenters. The first-order valence-electron chi connectivity index (χ1n) is 15.9. The van der Waals surface area contributed by atoms with Crippen molar-refractivity contribution >= 4 is 92.1 Å². The molecule has 0 unspecified atom stereocenters. The fourth-order valence-corrected chi connectivity index (χ4v) is 8.68. The van der Waals surface area contributed by atoms with Crippen LogP contribution in [0.25, 0.3) is 74.8 Å². The Kier molecular flexibility index (Phi) is 5.78. The molecule has 0 spiro atoms. The van der Waals surface area contributed by atoms with Gasteiger partial charge >= 0.3 is 0 Å². The molecule has 0 aliphatic heterocycles. The normalized spacial score (nSPS) is 11.8. The van der Waals surface area contributed by atoms with Gasteiger partial charge in [-0.25, -0.2) is 0 Å². The van der Waals surface area contributed by atoms with Crippen LogP contribution >= 0.6 is 11.3 Å². The first-order chi connectivity index (χ1) is 23.3. The zero-order valence-electron chi connectivity index (χ0n) is 25.4. The lowest BCUT2D eigenvalue weighted by Crippen LogP contribution is -2.13. The monoisotopic (exact) mass is 617 g/mol. The van der Waals surface area contributed by atoms with Crippen LogP contribution < -0.4 is 4.90 Å². The predicted molar refractivity (Wildman–Crippen MR) is 202 cm³/mol. The number of fused-ring (bicyclic) bond motifs is 9. The number of thiophene rings is 1. The smallest absolute Gasteiger partial charge is 0.137 e. The Bertz CT molecular complexity index is 2810. The van der Waals surface area contributed by atoms with E-state index >= 15 is 0 Å². The highest BCUT2D eigenvalue weighted by Gasteiger charge is 2.27. The lowest BCUT2D eigenvalue weighted by atomic mass is 9.89. The molecule has 10 rings (SSSR count). The minimum absolute atomic E-state index is 0.878. The van der Waals surface area contributed by atoms with Crippen molar-refractivity contribution in [1.29, 1.82) is 0 Å². The summed E-state index contributed by atoms with van der Waals surface area (Å²) in [6.07, 6.45) is 0. The number of hydrogen-bond acceptors (Lipinski definition) is 3. The van der Waals surface area contributed by atoms with E-state index in [1.165, 1.54) is 52.8 Å². The second-order valence-corrected chi connectivity index (χ2v) is 13.1. The standard InChI is InChI=1S/C44H27NOS/c1-2-14-28(15-3-1)41-32-19-6-4-16-29(32)30-17-5-7-20-33(30)43(41)45(36-23-13-26-39-42(36)35-21-8-10-25-38(35)46-39)37-24-12-22-34-31-18-9-11-27-40(31)47-44(34)37/h1-27H. The molecule has 10 aromatic rings. The van der Waals surface area contributed by atoms with Gasteiger partial charge in [0, 0.05) is 31.8 Å². The van der Waals surface area contributed by atoms with Crippen molar-refractivity contribution in [2.24, 2.45) is 0 Å². The highest BCUT2D eigenvalue weighted by molar-refractivity contribution is 7.26. The average molecular weight is 618 g/mol. The third-order valence-corrected chi connectivity index (χ3v) is 10.6. The van der Waals surface area contributed by atoms with Crippen molar-refractivity contribution in [3.8, 4) is 11.1 Å². The Labute approximate surface area is 275 Å². The minimum atomic E-state index is 0.878. The fraction of sp³-hybridized carbons (Fsp3) is 0. The SMILES string of the molecule is c1ccc(-c2c(N(c3cccc4c3sc3ccccc34)c3cccc4oc5ccccc5c34)c3ccccc3c3ccccc23)cc1. The van der Waals surface area contributed by atoms with Crippen LogP contribution in [0.1, 0.15) is 0 Å². The Morgan fingerprint density at radius 1 is 0.404 bits per heavy atom. The maximum absolute atomic E-state index is 6.50. The van der Waals surface area contributed by atoms with E-state index in [1.54, 1.807) is 0 Å². The second kappa shape index (κ2) is 10.3. The van der Waals surface area contributed by atoms with Crippen molar-refractivity contribution in [3.05, 3.63) is 164 Å². The zero-order valence-corrected chi connectivity index (χ0v) is 26.2. The van der Waals surface area contributed by atoms with Crippen molar-refractivity contribution in [2.45, 2.75) is 0 Å². The molecule has 0 amide bonds. The van der Waals surface area contributed by atoms with Crippen LogP contribution in [0.2, 0.25) is 0 Å². The summed E-state index contributed by atoms with van der Waals surface area (Å²) in [5.41, 5.74) is 7.57. The third kappa shape index (κ3) is 3.90.